The van der Waals surface area contributed by atoms with Gasteiger partial charge in [0.15, 0.2) is 12.2 Å². The van der Waals surface area contributed by atoms with Crippen molar-refractivity contribution >= 4 is 18.0 Å². The summed E-state index contributed by atoms with van der Waals surface area (Å²) in [5, 5.41) is 50.1. The molecule has 1 saturated carbocycles. The van der Waals surface area contributed by atoms with Crippen molar-refractivity contribution in [3.8, 4) is 0 Å². The van der Waals surface area contributed by atoms with Crippen LogP contribution in [0.3, 0.4) is 0 Å². The Bertz CT molecular complexity index is 631. The number of aliphatic hydroxyl groups excluding tert-OH is 3. The van der Waals surface area contributed by atoms with Crippen LogP contribution in [0.5, 0.6) is 0 Å². The highest BCUT2D eigenvalue weighted by atomic mass is 16.7. The van der Waals surface area contributed by atoms with Crippen molar-refractivity contribution in [2.24, 2.45) is 5.92 Å². The van der Waals surface area contributed by atoms with Crippen LogP contribution in [-0.2, 0) is 23.8 Å². The van der Waals surface area contributed by atoms with Crippen LogP contribution < -0.4 is 5.32 Å². The van der Waals surface area contributed by atoms with Crippen molar-refractivity contribution in [3.63, 3.8) is 0 Å². The second-order valence-corrected chi connectivity index (χ2v) is 8.24. The minimum Gasteiger partial charge on any atom is -0.481 e. The van der Waals surface area contributed by atoms with Crippen LogP contribution in [0.15, 0.2) is 0 Å². The van der Waals surface area contributed by atoms with Crippen molar-refractivity contribution in [1.82, 2.24) is 5.32 Å². The number of hydrogen-bond donors (Lipinski definition) is 6. The highest BCUT2D eigenvalue weighted by molar-refractivity contribution is 5.92. The highest BCUT2D eigenvalue weighted by Gasteiger charge is 2.44. The number of amides is 1. The van der Waals surface area contributed by atoms with Gasteiger partial charge in [0.25, 0.3) is 0 Å². The second kappa shape index (κ2) is 12.3. The number of ether oxygens (including phenoxy) is 3. The van der Waals surface area contributed by atoms with E-state index in [1.165, 1.54) is 0 Å². The van der Waals surface area contributed by atoms with Crippen LogP contribution in [-0.4, -0.2) is 93.0 Å². The van der Waals surface area contributed by atoms with E-state index in [2.05, 4.69) is 5.32 Å². The molecule has 2 aliphatic rings. The Labute approximate surface area is 185 Å². The molecule has 2 fully saturated rings. The van der Waals surface area contributed by atoms with Crippen molar-refractivity contribution in [1.29, 1.82) is 0 Å². The number of carboxylic acids is 2. The topological polar surface area (TPSA) is 192 Å². The van der Waals surface area contributed by atoms with Gasteiger partial charge in [0.1, 0.15) is 24.4 Å². The minimum atomic E-state index is -1.47. The molecule has 1 aliphatic carbocycles. The predicted molar refractivity (Wildman–Crippen MR) is 107 cm³/mol. The third kappa shape index (κ3) is 7.27. The van der Waals surface area contributed by atoms with Crippen LogP contribution >= 0.6 is 0 Å². The molecule has 0 bridgehead atoms. The van der Waals surface area contributed by atoms with E-state index in [1.807, 2.05) is 0 Å². The van der Waals surface area contributed by atoms with Gasteiger partial charge in [-0.2, -0.15) is 0 Å². The minimum absolute atomic E-state index is 0.0391. The standard InChI is InChI=1S/C20H33NO11/c1-10-14(22)15(23)16(24)19(30-10)31-12-7-2-3-8-13(12)32-20(29)21-9-5-4-6-11(17(25)26)18(27)28/h10-16,19,22-24H,2-9H2,1H3,(H,21,29)(H,25,26)(H,27,28)/t10-,12+,13+,14+,15+,16-,19-/m0/s1. The lowest BCUT2D eigenvalue weighted by Crippen LogP contribution is -2.58. The number of aliphatic carboxylic acids is 2. The first kappa shape index (κ1) is 26.3. The highest BCUT2D eigenvalue weighted by Crippen LogP contribution is 2.29. The monoisotopic (exact) mass is 463 g/mol. The summed E-state index contributed by atoms with van der Waals surface area (Å²) >= 11 is 0. The van der Waals surface area contributed by atoms with Crippen LogP contribution in [0, 0.1) is 5.92 Å². The van der Waals surface area contributed by atoms with Gasteiger partial charge in [-0.25, -0.2) is 4.79 Å². The Hall–Kier alpha value is -1.99. The van der Waals surface area contributed by atoms with Crippen LogP contribution in [0.2, 0.25) is 0 Å². The quantitative estimate of drug-likeness (QED) is 0.186. The number of carbonyl (C=O) groups excluding carboxylic acids is 1. The number of aliphatic hydroxyl groups is 3. The van der Waals surface area contributed by atoms with Gasteiger partial charge >= 0.3 is 18.0 Å². The molecule has 12 nitrogen and oxygen atoms in total. The van der Waals surface area contributed by atoms with Crippen molar-refractivity contribution in [2.75, 3.05) is 6.54 Å². The van der Waals surface area contributed by atoms with Gasteiger partial charge in [0.2, 0.25) is 0 Å². The summed E-state index contributed by atoms with van der Waals surface area (Å²) in [5.74, 6) is -4.25. The number of alkyl carbamates (subject to hydrolysis) is 1. The number of unbranched alkanes of at least 4 members (excludes halogenated alkanes) is 1. The molecule has 0 radical (unpaired) electrons. The molecule has 0 aromatic heterocycles. The zero-order chi connectivity index (χ0) is 23.8. The SMILES string of the molecule is C[C@@H]1O[C@@H](O[C@@H]2CCCC[C@H]2OC(=O)NCCCCC(C(=O)O)C(=O)O)[C@@H](O)[C@H](O)[C@@H]1O. The lowest BCUT2D eigenvalue weighted by atomic mass is 9.94. The van der Waals surface area contributed by atoms with E-state index >= 15 is 0 Å². The predicted octanol–water partition coefficient (Wildman–Crippen LogP) is -0.176. The van der Waals surface area contributed by atoms with Crippen molar-refractivity contribution < 1.29 is 54.1 Å². The van der Waals surface area contributed by atoms with Crippen molar-refractivity contribution in [3.05, 3.63) is 0 Å². The first-order valence-corrected chi connectivity index (χ1v) is 10.9. The maximum absolute atomic E-state index is 12.1. The molecular weight excluding hydrogens is 430 g/mol. The van der Waals surface area contributed by atoms with Gasteiger partial charge in [0, 0.05) is 6.54 Å². The fourth-order valence-corrected chi connectivity index (χ4v) is 3.85. The molecule has 0 spiro atoms. The van der Waals surface area contributed by atoms with Gasteiger partial charge in [0.05, 0.1) is 12.2 Å². The maximum atomic E-state index is 12.1. The molecule has 7 atom stereocenters. The largest absolute Gasteiger partial charge is 0.481 e. The number of carbonyl (C=O) groups is 3. The van der Waals surface area contributed by atoms with Crippen molar-refractivity contribution in [2.45, 2.75) is 94.8 Å². The fraction of sp³-hybridized carbons (Fsp3) is 0.850. The number of nitrogens with one attached hydrogen (secondary N) is 1. The van der Waals surface area contributed by atoms with E-state index in [0.717, 1.165) is 12.8 Å². The molecule has 12 heteroatoms. The second-order valence-electron chi connectivity index (χ2n) is 8.24. The summed E-state index contributed by atoms with van der Waals surface area (Å²) in [6, 6.07) is 0. The molecule has 6 N–H and O–H groups in total. The molecule has 2 rings (SSSR count). The van der Waals surface area contributed by atoms with E-state index in [9.17, 15) is 29.7 Å². The smallest absolute Gasteiger partial charge is 0.407 e. The van der Waals surface area contributed by atoms with E-state index in [-0.39, 0.29) is 13.0 Å². The van der Waals surface area contributed by atoms with E-state index in [0.29, 0.717) is 25.7 Å². The molecule has 32 heavy (non-hydrogen) atoms. The summed E-state index contributed by atoms with van der Waals surface area (Å²) in [6.45, 7) is 1.74. The normalized spacial score (nSPS) is 33.0. The van der Waals surface area contributed by atoms with Gasteiger partial charge in [-0.15, -0.1) is 0 Å². The van der Waals surface area contributed by atoms with Gasteiger partial charge in [-0.1, -0.05) is 12.8 Å². The molecule has 1 saturated heterocycles. The first-order chi connectivity index (χ1) is 15.1. The molecule has 1 amide bonds. The lowest BCUT2D eigenvalue weighted by molar-refractivity contribution is -0.311. The average Bonchev–Trinajstić information content (AvgIpc) is 2.73. The Balaban J connectivity index is 1.77. The summed E-state index contributed by atoms with van der Waals surface area (Å²) < 4.78 is 16.7. The molecule has 1 heterocycles. The summed E-state index contributed by atoms with van der Waals surface area (Å²) in [6.07, 6.45) is -4.47. The zero-order valence-corrected chi connectivity index (χ0v) is 18.0. The summed E-state index contributed by atoms with van der Waals surface area (Å²) in [7, 11) is 0. The maximum Gasteiger partial charge on any atom is 0.407 e. The number of rotatable bonds is 10. The van der Waals surface area contributed by atoms with Gasteiger partial charge in [-0.05, 0) is 39.0 Å². The Morgan fingerprint density at radius 3 is 2.22 bits per heavy atom. The third-order valence-corrected chi connectivity index (χ3v) is 5.80. The first-order valence-electron chi connectivity index (χ1n) is 10.9. The van der Waals surface area contributed by atoms with E-state index in [4.69, 9.17) is 24.4 Å². The van der Waals surface area contributed by atoms with Crippen LogP contribution in [0.1, 0.15) is 51.9 Å². The van der Waals surface area contributed by atoms with Gasteiger partial charge < -0.3 is 45.1 Å². The van der Waals surface area contributed by atoms with Crippen LogP contribution in [0.25, 0.3) is 0 Å². The molecule has 184 valence electrons. The number of carboxylic acid groups (broad SMARTS) is 2. The molecule has 1 aliphatic heterocycles. The average molecular weight is 463 g/mol. The molecule has 0 aromatic carbocycles. The molecule has 0 unspecified atom stereocenters. The third-order valence-electron chi connectivity index (χ3n) is 5.80. The zero-order valence-electron chi connectivity index (χ0n) is 18.0. The summed E-state index contributed by atoms with van der Waals surface area (Å²) in [5.41, 5.74) is 0. The van der Waals surface area contributed by atoms with Gasteiger partial charge in [-0.3, -0.25) is 9.59 Å². The fourth-order valence-electron chi connectivity index (χ4n) is 3.85. The summed E-state index contributed by atoms with van der Waals surface area (Å²) in [4.78, 5) is 33.8. The Kier molecular flexibility index (Phi) is 10.1. The molecule has 0 aromatic rings. The lowest BCUT2D eigenvalue weighted by Gasteiger charge is -2.42. The van der Waals surface area contributed by atoms with E-state index < -0.39 is 66.9 Å². The van der Waals surface area contributed by atoms with Crippen LogP contribution in [0.4, 0.5) is 4.79 Å². The molecular formula is C20H33NO11. The van der Waals surface area contributed by atoms with E-state index in [1.54, 1.807) is 6.92 Å². The number of hydrogen-bond acceptors (Lipinski definition) is 9. The Morgan fingerprint density at radius 2 is 1.59 bits per heavy atom. The Morgan fingerprint density at radius 1 is 0.969 bits per heavy atom.